The Balaban J connectivity index is 2.21. The lowest BCUT2D eigenvalue weighted by atomic mass is 10.0. The molecule has 0 fully saturated rings. The van der Waals surface area contributed by atoms with Crippen molar-refractivity contribution in [1.29, 1.82) is 0 Å². The van der Waals surface area contributed by atoms with Crippen molar-refractivity contribution in [3.63, 3.8) is 0 Å². The zero-order valence-electron chi connectivity index (χ0n) is 7.44. The van der Waals surface area contributed by atoms with Crippen molar-refractivity contribution < 1.29 is 4.42 Å². The van der Waals surface area contributed by atoms with Crippen LogP contribution in [0.5, 0.6) is 0 Å². The molecule has 0 aromatic carbocycles. The van der Waals surface area contributed by atoms with Crippen molar-refractivity contribution in [2.45, 2.75) is 18.8 Å². The van der Waals surface area contributed by atoms with Crippen LogP contribution in [0.2, 0.25) is 0 Å². The summed E-state index contributed by atoms with van der Waals surface area (Å²) in [7, 11) is 0. The van der Waals surface area contributed by atoms with E-state index in [1.165, 1.54) is 0 Å². The number of nitrogens with two attached hydrogens (primary N) is 1. The largest absolute Gasteiger partial charge is 0.469 e. The summed E-state index contributed by atoms with van der Waals surface area (Å²) in [5.74, 6) is 1.34. The van der Waals surface area contributed by atoms with E-state index in [4.69, 9.17) is 10.2 Å². The van der Waals surface area contributed by atoms with Crippen molar-refractivity contribution in [1.82, 2.24) is 0 Å². The molecule has 1 atom stereocenters. The lowest BCUT2D eigenvalue weighted by Crippen LogP contribution is -1.97. The molecule has 0 saturated heterocycles. The molecule has 0 radical (unpaired) electrons. The highest BCUT2D eigenvalue weighted by molar-refractivity contribution is 5.24. The highest BCUT2D eigenvalue weighted by Gasteiger charge is 2.12. The Hall–Kier alpha value is -1.44. The highest BCUT2D eigenvalue weighted by atomic mass is 16.3. The maximum absolute atomic E-state index is 5.76. The molecule has 2 N–H and O–H groups in total. The minimum atomic E-state index is 0.338. The van der Waals surface area contributed by atoms with Crippen molar-refractivity contribution in [2.75, 3.05) is 0 Å². The van der Waals surface area contributed by atoms with E-state index in [1.807, 2.05) is 18.2 Å². The van der Waals surface area contributed by atoms with Crippen LogP contribution in [0.25, 0.3) is 0 Å². The molecular formula is C11H13NO. The van der Waals surface area contributed by atoms with Gasteiger partial charge in [-0.15, -0.1) is 0 Å². The van der Waals surface area contributed by atoms with Gasteiger partial charge in [-0.2, -0.15) is 0 Å². The Kier molecular flexibility index (Phi) is 2.21. The fraction of sp³-hybridized carbons (Fsp3) is 0.273. The van der Waals surface area contributed by atoms with Crippen LogP contribution in [0, 0.1) is 0 Å². The smallest absolute Gasteiger partial charge is 0.110 e. The lowest BCUT2D eigenvalue weighted by Gasteiger charge is -2.06. The van der Waals surface area contributed by atoms with E-state index < -0.39 is 0 Å². The number of hydrogen-bond acceptors (Lipinski definition) is 2. The molecule has 2 nitrogen and oxygen atoms in total. The number of hydrogen-bond donors (Lipinski definition) is 1. The SMILES string of the molecule is NC1=CC(c2ccco2)CCC=C1. The first-order chi connectivity index (χ1) is 6.36. The van der Waals surface area contributed by atoms with Crippen LogP contribution >= 0.6 is 0 Å². The molecule has 2 rings (SSSR count). The second-order valence-electron chi connectivity index (χ2n) is 3.27. The summed E-state index contributed by atoms with van der Waals surface area (Å²) < 4.78 is 5.35. The number of allylic oxidation sites excluding steroid dienone is 3. The second-order valence-corrected chi connectivity index (χ2v) is 3.27. The van der Waals surface area contributed by atoms with Crippen LogP contribution in [0.4, 0.5) is 0 Å². The average Bonchev–Trinajstić information content (AvgIpc) is 2.56. The first kappa shape index (κ1) is 8.17. The standard InChI is InChI=1S/C11H13NO/c12-10-5-2-1-4-9(8-10)11-6-3-7-13-11/h2-3,5-9H,1,4,12H2. The topological polar surface area (TPSA) is 39.2 Å². The van der Waals surface area contributed by atoms with Gasteiger partial charge in [0.1, 0.15) is 5.76 Å². The third kappa shape index (κ3) is 1.83. The number of rotatable bonds is 1. The fourth-order valence-corrected chi connectivity index (χ4v) is 1.59. The molecular weight excluding hydrogens is 162 g/mol. The molecule has 1 aliphatic rings. The summed E-state index contributed by atoms with van der Waals surface area (Å²) in [5.41, 5.74) is 6.60. The van der Waals surface area contributed by atoms with Crippen LogP contribution in [0.15, 0.2) is 46.7 Å². The van der Waals surface area contributed by atoms with E-state index in [0.29, 0.717) is 5.92 Å². The van der Waals surface area contributed by atoms with Crippen molar-refractivity contribution in [3.8, 4) is 0 Å². The Morgan fingerprint density at radius 1 is 1.46 bits per heavy atom. The van der Waals surface area contributed by atoms with Crippen molar-refractivity contribution >= 4 is 0 Å². The molecule has 1 aromatic rings. The van der Waals surface area contributed by atoms with Gasteiger partial charge in [0.2, 0.25) is 0 Å². The zero-order valence-corrected chi connectivity index (χ0v) is 7.44. The zero-order chi connectivity index (χ0) is 9.10. The van der Waals surface area contributed by atoms with Gasteiger partial charge < -0.3 is 10.2 Å². The molecule has 68 valence electrons. The average molecular weight is 175 g/mol. The van der Waals surface area contributed by atoms with Crippen LogP contribution in [-0.4, -0.2) is 0 Å². The third-order valence-corrected chi connectivity index (χ3v) is 2.26. The fourth-order valence-electron chi connectivity index (χ4n) is 1.59. The Morgan fingerprint density at radius 3 is 3.15 bits per heavy atom. The minimum Gasteiger partial charge on any atom is -0.469 e. The van der Waals surface area contributed by atoms with E-state index in [0.717, 1.165) is 24.3 Å². The predicted octanol–water partition coefficient (Wildman–Crippen LogP) is 2.56. The van der Waals surface area contributed by atoms with E-state index >= 15 is 0 Å². The summed E-state index contributed by atoms with van der Waals surface area (Å²) in [4.78, 5) is 0. The van der Waals surface area contributed by atoms with E-state index in [1.54, 1.807) is 6.26 Å². The second kappa shape index (κ2) is 3.52. The molecule has 0 saturated carbocycles. The molecule has 1 heterocycles. The molecule has 2 heteroatoms. The van der Waals surface area contributed by atoms with Crippen LogP contribution in [0.1, 0.15) is 24.5 Å². The van der Waals surface area contributed by atoms with E-state index in [2.05, 4.69) is 12.2 Å². The molecule has 1 unspecified atom stereocenters. The van der Waals surface area contributed by atoms with Gasteiger partial charge in [-0.3, -0.25) is 0 Å². The van der Waals surface area contributed by atoms with Crippen molar-refractivity contribution in [3.05, 3.63) is 48.1 Å². The molecule has 0 amide bonds. The van der Waals surface area contributed by atoms with Gasteiger partial charge in [-0.05, 0) is 31.1 Å². The molecule has 13 heavy (non-hydrogen) atoms. The summed E-state index contributed by atoms with van der Waals surface area (Å²) in [6.45, 7) is 0. The van der Waals surface area contributed by atoms with Gasteiger partial charge in [-0.25, -0.2) is 0 Å². The predicted molar refractivity (Wildman–Crippen MR) is 52.1 cm³/mol. The molecule has 0 bridgehead atoms. The summed E-state index contributed by atoms with van der Waals surface area (Å²) in [6, 6.07) is 3.91. The highest BCUT2D eigenvalue weighted by Crippen LogP contribution is 2.26. The van der Waals surface area contributed by atoms with Crippen LogP contribution in [-0.2, 0) is 0 Å². The van der Waals surface area contributed by atoms with Gasteiger partial charge in [0, 0.05) is 11.6 Å². The Bertz CT molecular complexity index is 322. The summed E-state index contributed by atoms with van der Waals surface area (Å²) in [6.07, 6.45) is 9.96. The van der Waals surface area contributed by atoms with Gasteiger partial charge in [0.25, 0.3) is 0 Å². The normalized spacial score (nSPS) is 22.5. The van der Waals surface area contributed by atoms with Gasteiger partial charge in [-0.1, -0.05) is 12.2 Å². The van der Waals surface area contributed by atoms with Gasteiger partial charge >= 0.3 is 0 Å². The molecule has 1 aliphatic carbocycles. The van der Waals surface area contributed by atoms with Crippen LogP contribution < -0.4 is 5.73 Å². The van der Waals surface area contributed by atoms with E-state index in [-0.39, 0.29) is 0 Å². The van der Waals surface area contributed by atoms with Crippen molar-refractivity contribution in [2.24, 2.45) is 5.73 Å². The Morgan fingerprint density at radius 2 is 2.38 bits per heavy atom. The quantitative estimate of drug-likeness (QED) is 0.712. The maximum atomic E-state index is 5.76. The van der Waals surface area contributed by atoms with Crippen LogP contribution in [0.3, 0.4) is 0 Å². The third-order valence-electron chi connectivity index (χ3n) is 2.26. The number of furan rings is 1. The maximum Gasteiger partial charge on any atom is 0.110 e. The monoisotopic (exact) mass is 175 g/mol. The van der Waals surface area contributed by atoms with Gasteiger partial charge in [0.05, 0.1) is 6.26 Å². The Labute approximate surface area is 77.7 Å². The summed E-state index contributed by atoms with van der Waals surface area (Å²) in [5, 5.41) is 0. The lowest BCUT2D eigenvalue weighted by molar-refractivity contribution is 0.480. The van der Waals surface area contributed by atoms with Gasteiger partial charge in [0.15, 0.2) is 0 Å². The molecule has 1 aromatic heterocycles. The first-order valence-corrected chi connectivity index (χ1v) is 4.53. The molecule has 0 spiro atoms. The van der Waals surface area contributed by atoms with E-state index in [9.17, 15) is 0 Å². The minimum absolute atomic E-state index is 0.338. The molecule has 0 aliphatic heterocycles. The summed E-state index contributed by atoms with van der Waals surface area (Å²) >= 11 is 0. The first-order valence-electron chi connectivity index (χ1n) is 4.53.